The third-order valence-electron chi connectivity index (χ3n) is 5.13. The standard InChI is InChI=1S/C19H28N2O2.ClH/c1-2-23-18-7-5-15(6-8-18)3-4-16-9-11-21(12-10-16)19(22)17-13-20-14-17;/h5-8,16-17,20H,2-4,9-14H2,1H3;1H. The van der Waals surface area contributed by atoms with Crippen LogP contribution in [0.5, 0.6) is 5.75 Å². The summed E-state index contributed by atoms with van der Waals surface area (Å²) in [6.07, 6.45) is 4.66. The fourth-order valence-corrected chi connectivity index (χ4v) is 3.45. The van der Waals surface area contributed by atoms with E-state index in [9.17, 15) is 4.79 Å². The van der Waals surface area contributed by atoms with Gasteiger partial charge in [0.1, 0.15) is 5.75 Å². The quantitative estimate of drug-likeness (QED) is 0.856. The molecule has 0 atom stereocenters. The number of aryl methyl sites for hydroxylation is 1. The average molecular weight is 353 g/mol. The summed E-state index contributed by atoms with van der Waals surface area (Å²) in [7, 11) is 0. The molecule has 2 fully saturated rings. The van der Waals surface area contributed by atoms with Crippen molar-refractivity contribution in [1.82, 2.24) is 10.2 Å². The molecule has 1 aromatic carbocycles. The van der Waals surface area contributed by atoms with E-state index >= 15 is 0 Å². The van der Waals surface area contributed by atoms with Gasteiger partial charge in [-0.2, -0.15) is 0 Å². The summed E-state index contributed by atoms with van der Waals surface area (Å²) >= 11 is 0. The van der Waals surface area contributed by atoms with Crippen molar-refractivity contribution < 1.29 is 9.53 Å². The number of likely N-dealkylation sites (tertiary alicyclic amines) is 1. The summed E-state index contributed by atoms with van der Waals surface area (Å²) in [5.41, 5.74) is 1.38. The monoisotopic (exact) mass is 352 g/mol. The molecule has 5 heteroatoms. The molecular formula is C19H29ClN2O2. The zero-order chi connectivity index (χ0) is 16.1. The maximum absolute atomic E-state index is 12.2. The number of hydrogen-bond donors (Lipinski definition) is 1. The number of ether oxygens (including phenoxy) is 1. The predicted octanol–water partition coefficient (Wildman–Crippen LogP) is 2.90. The molecule has 24 heavy (non-hydrogen) atoms. The van der Waals surface area contributed by atoms with E-state index in [1.165, 1.54) is 12.0 Å². The molecule has 0 aliphatic carbocycles. The first-order valence-corrected chi connectivity index (χ1v) is 8.97. The van der Waals surface area contributed by atoms with Gasteiger partial charge in [0.2, 0.25) is 5.91 Å². The van der Waals surface area contributed by atoms with Crippen molar-refractivity contribution in [3.8, 4) is 5.75 Å². The first-order valence-electron chi connectivity index (χ1n) is 8.97. The fraction of sp³-hybridized carbons (Fsp3) is 0.632. The molecular weight excluding hydrogens is 324 g/mol. The molecule has 3 rings (SSSR count). The molecule has 2 aliphatic rings. The van der Waals surface area contributed by atoms with E-state index in [-0.39, 0.29) is 18.3 Å². The van der Waals surface area contributed by atoms with Crippen LogP contribution in [0, 0.1) is 11.8 Å². The second-order valence-corrected chi connectivity index (χ2v) is 6.74. The van der Waals surface area contributed by atoms with Crippen molar-refractivity contribution in [2.75, 3.05) is 32.8 Å². The fourth-order valence-electron chi connectivity index (χ4n) is 3.45. The van der Waals surface area contributed by atoms with Gasteiger partial charge in [0.25, 0.3) is 0 Å². The summed E-state index contributed by atoms with van der Waals surface area (Å²) in [5.74, 6) is 2.32. The van der Waals surface area contributed by atoms with E-state index in [0.717, 1.165) is 57.1 Å². The first-order chi connectivity index (χ1) is 11.3. The van der Waals surface area contributed by atoms with E-state index in [4.69, 9.17) is 4.74 Å². The Labute approximate surface area is 151 Å². The van der Waals surface area contributed by atoms with Gasteiger partial charge in [0.05, 0.1) is 12.5 Å². The van der Waals surface area contributed by atoms with Crippen molar-refractivity contribution >= 4 is 18.3 Å². The van der Waals surface area contributed by atoms with Crippen molar-refractivity contribution in [3.63, 3.8) is 0 Å². The Kier molecular flexibility index (Phi) is 7.38. The third-order valence-corrected chi connectivity index (χ3v) is 5.13. The maximum atomic E-state index is 12.2. The molecule has 2 heterocycles. The molecule has 0 spiro atoms. The van der Waals surface area contributed by atoms with Crippen molar-refractivity contribution in [2.45, 2.75) is 32.6 Å². The summed E-state index contributed by atoms with van der Waals surface area (Å²) in [6, 6.07) is 8.47. The van der Waals surface area contributed by atoms with E-state index in [1.54, 1.807) is 0 Å². The zero-order valence-corrected chi connectivity index (χ0v) is 15.3. The average Bonchev–Trinajstić information content (AvgIpc) is 2.53. The third kappa shape index (κ3) is 4.87. The smallest absolute Gasteiger partial charge is 0.228 e. The lowest BCUT2D eigenvalue weighted by atomic mass is 9.89. The molecule has 0 radical (unpaired) electrons. The second-order valence-electron chi connectivity index (χ2n) is 6.74. The summed E-state index contributed by atoms with van der Waals surface area (Å²) < 4.78 is 5.48. The van der Waals surface area contributed by atoms with Gasteiger partial charge in [-0.25, -0.2) is 0 Å². The molecule has 1 amide bonds. The highest BCUT2D eigenvalue weighted by atomic mass is 35.5. The molecule has 2 saturated heterocycles. The maximum Gasteiger partial charge on any atom is 0.228 e. The van der Waals surface area contributed by atoms with Crippen LogP contribution < -0.4 is 10.1 Å². The van der Waals surface area contributed by atoms with Gasteiger partial charge in [-0.3, -0.25) is 4.79 Å². The molecule has 0 unspecified atom stereocenters. The van der Waals surface area contributed by atoms with Crippen molar-refractivity contribution in [3.05, 3.63) is 29.8 Å². The summed E-state index contributed by atoms with van der Waals surface area (Å²) in [5, 5.41) is 3.18. The van der Waals surface area contributed by atoms with Gasteiger partial charge in [-0.05, 0) is 56.2 Å². The van der Waals surface area contributed by atoms with Gasteiger partial charge in [-0.15, -0.1) is 12.4 Å². The second kappa shape index (κ2) is 9.28. The van der Waals surface area contributed by atoms with Gasteiger partial charge in [0.15, 0.2) is 0 Å². The first kappa shape index (κ1) is 19.1. The molecule has 2 aliphatic heterocycles. The SMILES string of the molecule is CCOc1ccc(CCC2CCN(C(=O)C3CNC3)CC2)cc1.Cl. The Balaban J connectivity index is 0.00000208. The summed E-state index contributed by atoms with van der Waals surface area (Å²) in [6.45, 7) is 6.36. The molecule has 0 bridgehead atoms. The molecule has 134 valence electrons. The van der Waals surface area contributed by atoms with Crippen molar-refractivity contribution in [2.24, 2.45) is 11.8 Å². The largest absolute Gasteiger partial charge is 0.494 e. The Morgan fingerprint density at radius 3 is 2.42 bits per heavy atom. The topological polar surface area (TPSA) is 41.6 Å². The molecule has 1 N–H and O–H groups in total. The van der Waals surface area contributed by atoms with Crippen LogP contribution in [-0.4, -0.2) is 43.6 Å². The van der Waals surface area contributed by atoms with Crippen LogP contribution in [0.15, 0.2) is 24.3 Å². The van der Waals surface area contributed by atoms with Crippen molar-refractivity contribution in [1.29, 1.82) is 0 Å². The Morgan fingerprint density at radius 1 is 1.21 bits per heavy atom. The lowest BCUT2D eigenvalue weighted by Crippen LogP contribution is -2.53. The number of nitrogens with zero attached hydrogens (tertiary/aromatic N) is 1. The number of benzene rings is 1. The number of amides is 1. The minimum Gasteiger partial charge on any atom is -0.494 e. The van der Waals surface area contributed by atoms with Crippen LogP contribution in [0.2, 0.25) is 0 Å². The minimum atomic E-state index is 0. The molecule has 0 aromatic heterocycles. The highest BCUT2D eigenvalue weighted by Crippen LogP contribution is 2.24. The van der Waals surface area contributed by atoms with Gasteiger partial charge >= 0.3 is 0 Å². The van der Waals surface area contributed by atoms with Crippen LogP contribution in [0.25, 0.3) is 0 Å². The van der Waals surface area contributed by atoms with Gasteiger partial charge < -0.3 is 15.0 Å². The number of nitrogens with one attached hydrogen (secondary N) is 1. The molecule has 4 nitrogen and oxygen atoms in total. The highest BCUT2D eigenvalue weighted by Gasteiger charge is 2.31. The highest BCUT2D eigenvalue weighted by molar-refractivity contribution is 5.85. The number of carbonyl (C=O) groups is 1. The van der Waals surface area contributed by atoms with Crippen LogP contribution in [0.3, 0.4) is 0 Å². The lowest BCUT2D eigenvalue weighted by molar-refractivity contribution is -0.138. The Morgan fingerprint density at radius 2 is 1.88 bits per heavy atom. The van der Waals surface area contributed by atoms with Crippen LogP contribution in [-0.2, 0) is 11.2 Å². The lowest BCUT2D eigenvalue weighted by Gasteiger charge is -2.37. The summed E-state index contributed by atoms with van der Waals surface area (Å²) in [4.78, 5) is 14.3. The number of hydrogen-bond acceptors (Lipinski definition) is 3. The Bertz CT molecular complexity index is 509. The normalized spacial score (nSPS) is 18.6. The van der Waals surface area contributed by atoms with Gasteiger partial charge in [-0.1, -0.05) is 12.1 Å². The number of halogens is 1. The number of carbonyl (C=O) groups excluding carboxylic acids is 1. The molecule has 1 aromatic rings. The predicted molar refractivity (Wildman–Crippen MR) is 98.8 cm³/mol. The zero-order valence-electron chi connectivity index (χ0n) is 14.5. The van der Waals surface area contributed by atoms with E-state index in [2.05, 4.69) is 34.5 Å². The number of piperidine rings is 1. The Hall–Kier alpha value is -1.26. The minimum absolute atomic E-state index is 0. The van der Waals surface area contributed by atoms with E-state index in [0.29, 0.717) is 12.5 Å². The van der Waals surface area contributed by atoms with Gasteiger partial charge in [0, 0.05) is 26.2 Å². The van der Waals surface area contributed by atoms with E-state index < -0.39 is 0 Å². The molecule has 0 saturated carbocycles. The van der Waals surface area contributed by atoms with E-state index in [1.807, 2.05) is 6.92 Å². The van der Waals surface area contributed by atoms with Crippen LogP contribution in [0.1, 0.15) is 31.7 Å². The van der Waals surface area contributed by atoms with Crippen LogP contribution >= 0.6 is 12.4 Å². The number of rotatable bonds is 6. The van der Waals surface area contributed by atoms with Crippen LogP contribution in [0.4, 0.5) is 0 Å².